The van der Waals surface area contributed by atoms with Crippen LogP contribution in [0.2, 0.25) is 0 Å². The van der Waals surface area contributed by atoms with E-state index in [1.807, 2.05) is 31.2 Å². The molecule has 1 aliphatic rings. The van der Waals surface area contributed by atoms with Crippen molar-refractivity contribution in [2.45, 2.75) is 63.4 Å². The number of aromatic amines is 1. The molecule has 0 aliphatic heterocycles. The summed E-state index contributed by atoms with van der Waals surface area (Å²) in [5.74, 6) is 2.00. The van der Waals surface area contributed by atoms with Crippen molar-refractivity contribution in [1.82, 2.24) is 20.5 Å². The number of aromatic nitrogens is 3. The zero-order valence-corrected chi connectivity index (χ0v) is 16.8. The predicted molar refractivity (Wildman–Crippen MR) is 106 cm³/mol. The van der Waals surface area contributed by atoms with E-state index in [0.717, 1.165) is 17.8 Å². The Hall–Kier alpha value is -1.82. The Morgan fingerprint density at radius 2 is 2.00 bits per heavy atom. The Kier molecular flexibility index (Phi) is 6.01. The van der Waals surface area contributed by atoms with Crippen LogP contribution in [-0.2, 0) is 4.79 Å². The van der Waals surface area contributed by atoms with Gasteiger partial charge >= 0.3 is 0 Å². The van der Waals surface area contributed by atoms with Crippen LogP contribution < -0.4 is 5.32 Å². The summed E-state index contributed by atoms with van der Waals surface area (Å²) in [4.78, 5) is 17.1. The molecular formula is C20H28N4OS. The molecule has 0 bridgehead atoms. The highest BCUT2D eigenvalue weighted by molar-refractivity contribution is 8.00. The summed E-state index contributed by atoms with van der Waals surface area (Å²) < 4.78 is 0. The van der Waals surface area contributed by atoms with E-state index in [1.54, 1.807) is 0 Å². The first-order valence-corrected chi connectivity index (χ1v) is 10.3. The van der Waals surface area contributed by atoms with E-state index in [1.165, 1.54) is 30.2 Å². The largest absolute Gasteiger partial charge is 0.352 e. The van der Waals surface area contributed by atoms with E-state index in [4.69, 9.17) is 0 Å². The number of aryl methyl sites for hydroxylation is 1. The van der Waals surface area contributed by atoms with Crippen molar-refractivity contribution in [2.75, 3.05) is 0 Å². The van der Waals surface area contributed by atoms with Gasteiger partial charge in [0.2, 0.25) is 11.1 Å². The van der Waals surface area contributed by atoms with Gasteiger partial charge in [-0.25, -0.2) is 4.98 Å². The van der Waals surface area contributed by atoms with E-state index in [9.17, 15) is 4.79 Å². The Labute approximate surface area is 159 Å². The van der Waals surface area contributed by atoms with Gasteiger partial charge in [-0.2, -0.15) is 0 Å². The summed E-state index contributed by atoms with van der Waals surface area (Å²) in [7, 11) is 0. The summed E-state index contributed by atoms with van der Waals surface area (Å²) in [5, 5.41) is 10.8. The zero-order chi connectivity index (χ0) is 18.7. The fourth-order valence-corrected chi connectivity index (χ4v) is 4.17. The lowest BCUT2D eigenvalue weighted by Gasteiger charge is -2.35. The van der Waals surface area contributed by atoms with Gasteiger partial charge in [-0.15, -0.1) is 5.10 Å². The van der Waals surface area contributed by atoms with E-state index < -0.39 is 0 Å². The van der Waals surface area contributed by atoms with E-state index in [-0.39, 0.29) is 17.2 Å². The first-order valence-electron chi connectivity index (χ1n) is 9.40. The monoisotopic (exact) mass is 372 g/mol. The van der Waals surface area contributed by atoms with Crippen LogP contribution in [0.15, 0.2) is 29.4 Å². The van der Waals surface area contributed by atoms with Crippen molar-refractivity contribution in [3.63, 3.8) is 0 Å². The molecule has 0 spiro atoms. The number of amides is 1. The van der Waals surface area contributed by atoms with E-state index >= 15 is 0 Å². The average Bonchev–Trinajstić information content (AvgIpc) is 3.08. The first kappa shape index (κ1) is 19.0. The second-order valence-corrected chi connectivity index (χ2v) is 8.78. The van der Waals surface area contributed by atoms with Crippen LogP contribution in [0.4, 0.5) is 0 Å². The number of thioether (sulfide) groups is 1. The van der Waals surface area contributed by atoms with Crippen molar-refractivity contribution in [2.24, 2.45) is 11.8 Å². The van der Waals surface area contributed by atoms with Gasteiger partial charge in [0.05, 0.1) is 5.25 Å². The number of carbonyl (C=O) groups excluding carboxylic acids is 1. The summed E-state index contributed by atoms with van der Waals surface area (Å²) in [5.41, 5.74) is 2.21. The van der Waals surface area contributed by atoms with Crippen LogP contribution in [0.3, 0.4) is 0 Å². The molecule has 2 N–H and O–H groups in total. The zero-order valence-electron chi connectivity index (χ0n) is 16.0. The quantitative estimate of drug-likeness (QED) is 0.772. The minimum Gasteiger partial charge on any atom is -0.352 e. The normalized spacial score (nSPS) is 24.2. The predicted octanol–water partition coefficient (Wildman–Crippen LogP) is 4.20. The van der Waals surface area contributed by atoms with Crippen LogP contribution in [0.5, 0.6) is 0 Å². The maximum atomic E-state index is 12.6. The molecule has 0 unspecified atom stereocenters. The second kappa shape index (κ2) is 8.25. The van der Waals surface area contributed by atoms with Crippen molar-refractivity contribution in [1.29, 1.82) is 0 Å². The fourth-order valence-electron chi connectivity index (χ4n) is 3.44. The molecular weight excluding hydrogens is 344 g/mol. The lowest BCUT2D eigenvalue weighted by molar-refractivity contribution is -0.121. The standard InChI is InChI=1S/C20H28N4OS/c1-12-8-10-16(11-9-12)18-22-20(24-23-18)26-15(4)19(25)21-17-7-5-6-13(2)14(17)3/h8-11,13-15,17H,5-7H2,1-4H3,(H,21,25)(H,22,23,24)/t13-,14-,15+,17+/m0/s1. The summed E-state index contributed by atoms with van der Waals surface area (Å²) in [6.45, 7) is 8.50. The molecule has 26 heavy (non-hydrogen) atoms. The van der Waals surface area contributed by atoms with Crippen LogP contribution in [-0.4, -0.2) is 32.4 Å². The minimum absolute atomic E-state index is 0.0719. The molecule has 1 saturated carbocycles. The fraction of sp³-hybridized carbons (Fsp3) is 0.550. The highest BCUT2D eigenvalue weighted by Gasteiger charge is 2.29. The van der Waals surface area contributed by atoms with Gasteiger partial charge in [-0.1, -0.05) is 68.3 Å². The molecule has 4 atom stereocenters. The average molecular weight is 373 g/mol. The third-order valence-corrected chi connectivity index (χ3v) is 6.44. The SMILES string of the molecule is Cc1ccc(-c2nc(S[C@H](C)C(=O)N[C@@H]3CCC[C@H](C)[C@@H]3C)n[nH]2)cc1. The second-order valence-electron chi connectivity index (χ2n) is 7.48. The number of nitrogens with one attached hydrogen (secondary N) is 2. The molecule has 1 aliphatic carbocycles. The molecule has 6 heteroatoms. The van der Waals surface area contributed by atoms with Crippen molar-refractivity contribution in [3.05, 3.63) is 29.8 Å². The lowest BCUT2D eigenvalue weighted by atomic mass is 9.78. The van der Waals surface area contributed by atoms with Gasteiger partial charge in [-0.3, -0.25) is 9.89 Å². The van der Waals surface area contributed by atoms with Gasteiger partial charge in [0.25, 0.3) is 0 Å². The summed E-state index contributed by atoms with van der Waals surface area (Å²) in [6, 6.07) is 8.42. The van der Waals surface area contributed by atoms with Gasteiger partial charge < -0.3 is 5.32 Å². The summed E-state index contributed by atoms with van der Waals surface area (Å²) in [6.07, 6.45) is 3.53. The molecule has 1 aromatic carbocycles. The summed E-state index contributed by atoms with van der Waals surface area (Å²) >= 11 is 1.40. The maximum Gasteiger partial charge on any atom is 0.233 e. The van der Waals surface area contributed by atoms with Crippen molar-refractivity contribution in [3.8, 4) is 11.4 Å². The maximum absolute atomic E-state index is 12.6. The Balaban J connectivity index is 1.58. The van der Waals surface area contributed by atoms with Crippen molar-refractivity contribution >= 4 is 17.7 Å². The molecule has 5 nitrogen and oxygen atoms in total. The number of carbonyl (C=O) groups is 1. The highest BCUT2D eigenvalue weighted by Crippen LogP contribution is 2.30. The minimum atomic E-state index is -0.221. The van der Waals surface area contributed by atoms with Gasteiger partial charge in [0, 0.05) is 11.6 Å². The van der Waals surface area contributed by atoms with Gasteiger partial charge in [-0.05, 0) is 32.1 Å². The number of H-pyrrole nitrogens is 1. The van der Waals surface area contributed by atoms with Crippen LogP contribution in [0.25, 0.3) is 11.4 Å². The third-order valence-electron chi connectivity index (χ3n) is 5.48. The molecule has 1 fully saturated rings. The molecule has 1 aromatic heterocycles. The van der Waals surface area contributed by atoms with Crippen molar-refractivity contribution < 1.29 is 4.79 Å². The molecule has 2 aromatic rings. The van der Waals surface area contributed by atoms with E-state index in [2.05, 4.69) is 41.3 Å². The number of hydrogen-bond donors (Lipinski definition) is 2. The number of nitrogens with zero attached hydrogens (tertiary/aromatic N) is 2. The van der Waals surface area contributed by atoms with Crippen LogP contribution in [0, 0.1) is 18.8 Å². The van der Waals surface area contributed by atoms with Crippen LogP contribution in [0.1, 0.15) is 45.6 Å². The molecule has 140 valence electrons. The smallest absolute Gasteiger partial charge is 0.233 e. The molecule has 1 amide bonds. The molecule has 1 heterocycles. The van der Waals surface area contributed by atoms with Gasteiger partial charge in [0.15, 0.2) is 5.82 Å². The third kappa shape index (κ3) is 4.47. The number of rotatable bonds is 5. The van der Waals surface area contributed by atoms with Crippen LogP contribution >= 0.6 is 11.8 Å². The Morgan fingerprint density at radius 1 is 1.27 bits per heavy atom. The van der Waals surface area contributed by atoms with Gasteiger partial charge in [0.1, 0.15) is 0 Å². The first-order chi connectivity index (χ1) is 12.4. The molecule has 0 radical (unpaired) electrons. The Bertz CT molecular complexity index is 743. The highest BCUT2D eigenvalue weighted by atomic mass is 32.2. The Morgan fingerprint density at radius 3 is 2.73 bits per heavy atom. The van der Waals surface area contributed by atoms with E-state index in [0.29, 0.717) is 17.0 Å². The lowest BCUT2D eigenvalue weighted by Crippen LogP contribution is -2.46. The molecule has 3 rings (SSSR count). The topological polar surface area (TPSA) is 70.7 Å². The number of benzene rings is 1. The molecule has 0 saturated heterocycles. The number of hydrogen-bond acceptors (Lipinski definition) is 4.